The van der Waals surface area contributed by atoms with E-state index in [1.54, 1.807) is 18.9 Å². The Morgan fingerprint density at radius 3 is 2.05 bits per heavy atom. The van der Waals surface area contributed by atoms with Crippen molar-refractivity contribution in [1.82, 2.24) is 0 Å². The van der Waals surface area contributed by atoms with Crippen molar-refractivity contribution in [3.8, 4) is 0 Å². The van der Waals surface area contributed by atoms with Crippen LogP contribution in [0.4, 0.5) is 24.5 Å². The van der Waals surface area contributed by atoms with Gasteiger partial charge in [0.25, 0.3) is 0 Å². The Kier molecular flexibility index (Phi) is 3.75. The molecular formula is C16H16F3N. The molecule has 2 rings (SSSR count). The molecule has 0 bridgehead atoms. The van der Waals surface area contributed by atoms with Crippen LogP contribution in [0.5, 0.6) is 0 Å². The van der Waals surface area contributed by atoms with Gasteiger partial charge in [-0.1, -0.05) is 23.8 Å². The highest BCUT2D eigenvalue weighted by atomic mass is 19.4. The van der Waals surface area contributed by atoms with Gasteiger partial charge in [-0.15, -0.1) is 0 Å². The van der Waals surface area contributed by atoms with Crippen molar-refractivity contribution in [1.29, 1.82) is 0 Å². The summed E-state index contributed by atoms with van der Waals surface area (Å²) in [6.45, 7) is 3.78. The molecule has 0 saturated carbocycles. The molecule has 1 nitrogen and oxygen atoms in total. The quantitative estimate of drug-likeness (QED) is 0.740. The first kappa shape index (κ1) is 14.4. The van der Waals surface area contributed by atoms with Crippen molar-refractivity contribution in [2.45, 2.75) is 20.0 Å². The smallest absolute Gasteiger partial charge is 0.344 e. The van der Waals surface area contributed by atoms with Gasteiger partial charge in [-0.3, -0.25) is 0 Å². The van der Waals surface area contributed by atoms with Gasteiger partial charge in [0.1, 0.15) is 0 Å². The van der Waals surface area contributed by atoms with Crippen LogP contribution < -0.4 is 4.90 Å². The van der Waals surface area contributed by atoms with E-state index in [0.29, 0.717) is 5.69 Å². The first-order valence-corrected chi connectivity index (χ1v) is 6.27. The summed E-state index contributed by atoms with van der Waals surface area (Å²) in [6, 6.07) is 11.5. The van der Waals surface area contributed by atoms with Crippen LogP contribution in [-0.2, 0) is 6.18 Å². The van der Waals surface area contributed by atoms with E-state index in [2.05, 4.69) is 0 Å². The molecule has 0 aliphatic carbocycles. The molecule has 0 N–H and O–H groups in total. The Balaban J connectivity index is 2.43. The minimum absolute atomic E-state index is 0.559. The van der Waals surface area contributed by atoms with Crippen LogP contribution in [0, 0.1) is 13.8 Å². The zero-order valence-corrected chi connectivity index (χ0v) is 11.6. The highest BCUT2D eigenvalue weighted by Crippen LogP contribution is 2.35. The lowest BCUT2D eigenvalue weighted by Gasteiger charge is -2.23. The van der Waals surface area contributed by atoms with Gasteiger partial charge < -0.3 is 4.90 Å². The fourth-order valence-corrected chi connectivity index (χ4v) is 2.05. The summed E-state index contributed by atoms with van der Waals surface area (Å²) >= 11 is 0. The molecule has 0 spiro atoms. The molecule has 4 heteroatoms. The van der Waals surface area contributed by atoms with Gasteiger partial charge >= 0.3 is 6.18 Å². The number of alkyl halides is 3. The van der Waals surface area contributed by atoms with E-state index in [0.717, 1.165) is 22.9 Å². The van der Waals surface area contributed by atoms with Gasteiger partial charge in [0.2, 0.25) is 0 Å². The summed E-state index contributed by atoms with van der Waals surface area (Å²) < 4.78 is 38.4. The average Bonchev–Trinajstić information content (AvgIpc) is 2.38. The first-order chi connectivity index (χ1) is 9.29. The van der Waals surface area contributed by atoms with Crippen molar-refractivity contribution < 1.29 is 13.2 Å². The van der Waals surface area contributed by atoms with Crippen molar-refractivity contribution in [3.05, 3.63) is 59.2 Å². The van der Waals surface area contributed by atoms with Crippen molar-refractivity contribution >= 4 is 11.4 Å². The second kappa shape index (κ2) is 5.19. The lowest BCUT2D eigenvalue weighted by atomic mass is 10.1. The van der Waals surface area contributed by atoms with Crippen molar-refractivity contribution in [2.75, 3.05) is 11.9 Å². The number of halogens is 3. The Bertz CT molecular complexity index is 600. The SMILES string of the molecule is Cc1ccc(N(C)c2cc(C(F)(F)F)ccc2C)cc1. The van der Waals surface area contributed by atoms with Crippen molar-refractivity contribution in [2.24, 2.45) is 0 Å². The van der Waals surface area contributed by atoms with Crippen LogP contribution in [0.25, 0.3) is 0 Å². The molecule has 0 aliphatic rings. The molecule has 0 fully saturated rings. The number of hydrogen-bond donors (Lipinski definition) is 0. The molecule has 20 heavy (non-hydrogen) atoms. The molecule has 0 heterocycles. The second-order valence-corrected chi connectivity index (χ2v) is 4.89. The average molecular weight is 279 g/mol. The third kappa shape index (κ3) is 2.95. The predicted molar refractivity (Wildman–Crippen MR) is 75.4 cm³/mol. The number of nitrogens with zero attached hydrogens (tertiary/aromatic N) is 1. The lowest BCUT2D eigenvalue weighted by Crippen LogP contribution is -2.13. The molecule has 0 atom stereocenters. The second-order valence-electron chi connectivity index (χ2n) is 4.89. The molecule has 0 amide bonds. The third-order valence-electron chi connectivity index (χ3n) is 3.32. The molecule has 106 valence electrons. The van der Waals surface area contributed by atoms with Gasteiger partial charge in [-0.25, -0.2) is 0 Å². The zero-order valence-electron chi connectivity index (χ0n) is 11.6. The molecule has 0 unspecified atom stereocenters. The summed E-state index contributed by atoms with van der Waals surface area (Å²) in [4.78, 5) is 1.77. The summed E-state index contributed by atoms with van der Waals surface area (Å²) in [5, 5.41) is 0. The van der Waals surface area contributed by atoms with Crippen LogP contribution in [0.2, 0.25) is 0 Å². The molecule has 0 aromatic heterocycles. The Labute approximate surface area is 116 Å². The minimum Gasteiger partial charge on any atom is -0.344 e. The summed E-state index contributed by atoms with van der Waals surface area (Å²) in [5.74, 6) is 0. The van der Waals surface area contributed by atoms with Crippen LogP contribution in [-0.4, -0.2) is 7.05 Å². The van der Waals surface area contributed by atoms with Gasteiger partial charge in [-0.2, -0.15) is 13.2 Å². The van der Waals surface area contributed by atoms with E-state index < -0.39 is 11.7 Å². The maximum absolute atomic E-state index is 12.8. The van der Waals surface area contributed by atoms with Crippen molar-refractivity contribution in [3.63, 3.8) is 0 Å². The fraction of sp³-hybridized carbons (Fsp3) is 0.250. The van der Waals surface area contributed by atoms with Crippen LogP contribution in [0.3, 0.4) is 0 Å². The summed E-state index contributed by atoms with van der Waals surface area (Å²) in [7, 11) is 1.77. The van der Waals surface area contributed by atoms with Crippen LogP contribution in [0.15, 0.2) is 42.5 Å². The molecular weight excluding hydrogens is 263 g/mol. The van der Waals surface area contributed by atoms with E-state index >= 15 is 0 Å². The minimum atomic E-state index is -4.32. The number of hydrogen-bond acceptors (Lipinski definition) is 1. The predicted octanol–water partition coefficient (Wildman–Crippen LogP) is 5.09. The molecule has 2 aromatic carbocycles. The van der Waals surface area contributed by atoms with E-state index in [-0.39, 0.29) is 0 Å². The van der Waals surface area contributed by atoms with Gasteiger partial charge in [-0.05, 0) is 43.7 Å². The molecule has 0 radical (unpaired) electrons. The normalized spacial score (nSPS) is 11.5. The monoisotopic (exact) mass is 279 g/mol. The lowest BCUT2D eigenvalue weighted by molar-refractivity contribution is -0.137. The maximum atomic E-state index is 12.8. The number of rotatable bonds is 2. The Morgan fingerprint density at radius 1 is 0.900 bits per heavy atom. The largest absolute Gasteiger partial charge is 0.416 e. The van der Waals surface area contributed by atoms with E-state index in [1.807, 2.05) is 31.2 Å². The van der Waals surface area contributed by atoms with E-state index in [1.165, 1.54) is 12.1 Å². The van der Waals surface area contributed by atoms with Gasteiger partial charge in [0, 0.05) is 18.4 Å². The topological polar surface area (TPSA) is 3.24 Å². The number of benzene rings is 2. The van der Waals surface area contributed by atoms with Crippen LogP contribution in [0.1, 0.15) is 16.7 Å². The maximum Gasteiger partial charge on any atom is 0.416 e. The van der Waals surface area contributed by atoms with Gasteiger partial charge in [0.05, 0.1) is 5.56 Å². The highest BCUT2D eigenvalue weighted by molar-refractivity contribution is 5.66. The summed E-state index contributed by atoms with van der Waals surface area (Å²) in [5.41, 5.74) is 2.71. The summed E-state index contributed by atoms with van der Waals surface area (Å²) in [6.07, 6.45) is -4.32. The van der Waals surface area contributed by atoms with E-state index in [9.17, 15) is 13.2 Å². The number of aryl methyl sites for hydroxylation is 2. The fourth-order valence-electron chi connectivity index (χ4n) is 2.05. The van der Waals surface area contributed by atoms with Gasteiger partial charge in [0.15, 0.2) is 0 Å². The zero-order chi connectivity index (χ0) is 14.9. The third-order valence-corrected chi connectivity index (χ3v) is 3.32. The molecule has 0 aliphatic heterocycles. The Morgan fingerprint density at radius 2 is 1.50 bits per heavy atom. The Hall–Kier alpha value is -1.97. The first-order valence-electron chi connectivity index (χ1n) is 6.27. The number of anilines is 2. The highest BCUT2D eigenvalue weighted by Gasteiger charge is 2.31. The molecule has 0 saturated heterocycles. The van der Waals surface area contributed by atoms with E-state index in [4.69, 9.17) is 0 Å². The van der Waals surface area contributed by atoms with Crippen LogP contribution >= 0.6 is 0 Å². The standard InChI is InChI=1S/C16H16F3N/c1-11-4-8-14(9-5-11)20(3)15-10-13(16(17,18)19)7-6-12(15)2/h4-10H,1-3H3. The molecule has 2 aromatic rings.